The Morgan fingerprint density at radius 3 is 2.96 bits per heavy atom. The minimum atomic E-state index is -2.21. The van der Waals surface area contributed by atoms with Crippen molar-refractivity contribution < 1.29 is 19.0 Å². The normalized spacial score (nSPS) is 21.6. The number of carbonyl (C=O) groups is 1. The van der Waals surface area contributed by atoms with Crippen molar-refractivity contribution in [1.29, 1.82) is 0 Å². The van der Waals surface area contributed by atoms with E-state index in [0.717, 1.165) is 0 Å². The zero-order valence-corrected chi connectivity index (χ0v) is 15.9. The van der Waals surface area contributed by atoms with Crippen LogP contribution in [-0.4, -0.2) is 29.2 Å². The maximum absolute atomic E-state index is 15.7. The van der Waals surface area contributed by atoms with Crippen LogP contribution in [0.4, 0.5) is 4.39 Å². The van der Waals surface area contributed by atoms with E-state index in [-0.39, 0.29) is 38.2 Å². The molecule has 0 bridgehead atoms. The van der Waals surface area contributed by atoms with E-state index >= 15 is 4.39 Å². The first-order valence-electron chi connectivity index (χ1n) is 8.54. The SMILES string of the molecule is O=C(NCc1ccc(Cl)cc1Cl)C1(F)CCC(OCCO)c2ncccc21. The Labute approximate surface area is 166 Å². The molecule has 2 N–H and O–H groups in total. The van der Waals surface area contributed by atoms with Gasteiger partial charge in [0.2, 0.25) is 5.67 Å². The highest BCUT2D eigenvalue weighted by Crippen LogP contribution is 2.43. The summed E-state index contributed by atoms with van der Waals surface area (Å²) in [5, 5.41) is 12.5. The molecule has 0 saturated heterocycles. The zero-order chi connectivity index (χ0) is 19.4. The Morgan fingerprint density at radius 2 is 2.22 bits per heavy atom. The summed E-state index contributed by atoms with van der Waals surface area (Å²) in [5.74, 6) is -0.747. The molecule has 1 amide bonds. The van der Waals surface area contributed by atoms with Crippen LogP contribution >= 0.6 is 23.2 Å². The van der Waals surface area contributed by atoms with E-state index < -0.39 is 17.7 Å². The summed E-state index contributed by atoms with van der Waals surface area (Å²) >= 11 is 12.0. The molecule has 0 saturated carbocycles. The largest absolute Gasteiger partial charge is 0.394 e. The van der Waals surface area contributed by atoms with E-state index in [1.54, 1.807) is 30.3 Å². The first-order valence-corrected chi connectivity index (χ1v) is 9.30. The van der Waals surface area contributed by atoms with Gasteiger partial charge in [0.25, 0.3) is 5.91 Å². The van der Waals surface area contributed by atoms with Crippen molar-refractivity contribution in [2.75, 3.05) is 13.2 Å². The average Bonchev–Trinajstić information content (AvgIpc) is 2.67. The molecule has 2 aromatic rings. The van der Waals surface area contributed by atoms with E-state index in [9.17, 15) is 4.79 Å². The summed E-state index contributed by atoms with van der Waals surface area (Å²) in [6.45, 7) is 0.0730. The third kappa shape index (κ3) is 4.24. The van der Waals surface area contributed by atoms with Crippen molar-refractivity contribution >= 4 is 29.1 Å². The smallest absolute Gasteiger partial charge is 0.262 e. The first kappa shape index (κ1) is 20.0. The van der Waals surface area contributed by atoms with Crippen LogP contribution in [-0.2, 0) is 21.7 Å². The van der Waals surface area contributed by atoms with E-state index in [0.29, 0.717) is 21.3 Å². The lowest BCUT2D eigenvalue weighted by Gasteiger charge is -2.34. The second-order valence-corrected chi connectivity index (χ2v) is 7.12. The van der Waals surface area contributed by atoms with Gasteiger partial charge in [0, 0.05) is 28.4 Å². The Bertz CT molecular complexity index is 836. The maximum atomic E-state index is 15.7. The molecule has 3 rings (SSSR count). The molecular formula is C19H19Cl2FN2O3. The van der Waals surface area contributed by atoms with E-state index in [1.807, 2.05) is 0 Å². The van der Waals surface area contributed by atoms with Gasteiger partial charge in [0.05, 0.1) is 18.9 Å². The Morgan fingerprint density at radius 1 is 1.41 bits per heavy atom. The number of carbonyl (C=O) groups excluding carboxylic acids is 1. The van der Waals surface area contributed by atoms with Gasteiger partial charge in [-0.3, -0.25) is 9.78 Å². The molecule has 0 radical (unpaired) electrons. The molecule has 0 fully saturated rings. The zero-order valence-electron chi connectivity index (χ0n) is 14.4. The van der Waals surface area contributed by atoms with Crippen LogP contribution in [0.2, 0.25) is 10.0 Å². The molecule has 27 heavy (non-hydrogen) atoms. The number of alkyl halides is 1. The molecule has 144 valence electrons. The van der Waals surface area contributed by atoms with Crippen LogP contribution in [0.1, 0.15) is 35.8 Å². The third-order valence-corrected chi connectivity index (χ3v) is 5.13. The third-order valence-electron chi connectivity index (χ3n) is 4.55. The van der Waals surface area contributed by atoms with Crippen LogP contribution < -0.4 is 5.32 Å². The summed E-state index contributed by atoms with van der Waals surface area (Å²) in [6.07, 6.45) is 1.33. The van der Waals surface area contributed by atoms with Crippen LogP contribution in [0.3, 0.4) is 0 Å². The van der Waals surface area contributed by atoms with Gasteiger partial charge < -0.3 is 15.2 Å². The van der Waals surface area contributed by atoms with Crippen molar-refractivity contribution in [2.45, 2.75) is 31.2 Å². The molecular weight excluding hydrogens is 394 g/mol. The van der Waals surface area contributed by atoms with Crippen LogP contribution in [0.15, 0.2) is 36.5 Å². The molecule has 8 heteroatoms. The number of hydrogen-bond donors (Lipinski definition) is 2. The summed E-state index contributed by atoms with van der Waals surface area (Å²) in [6, 6.07) is 8.05. The number of hydrogen-bond acceptors (Lipinski definition) is 4. The summed E-state index contributed by atoms with van der Waals surface area (Å²) in [7, 11) is 0. The van der Waals surface area contributed by atoms with Gasteiger partial charge in [0.1, 0.15) is 6.10 Å². The van der Waals surface area contributed by atoms with Crippen molar-refractivity contribution in [2.24, 2.45) is 0 Å². The van der Waals surface area contributed by atoms with Crippen LogP contribution in [0, 0.1) is 0 Å². The molecule has 1 aromatic heterocycles. The number of aromatic nitrogens is 1. The number of nitrogens with one attached hydrogen (secondary N) is 1. The molecule has 1 aliphatic rings. The number of halogens is 3. The van der Waals surface area contributed by atoms with Crippen LogP contribution in [0.25, 0.3) is 0 Å². The first-order chi connectivity index (χ1) is 13.0. The maximum Gasteiger partial charge on any atom is 0.262 e. The van der Waals surface area contributed by atoms with Gasteiger partial charge in [0.15, 0.2) is 0 Å². The predicted molar refractivity (Wildman–Crippen MR) is 100 cm³/mol. The average molecular weight is 413 g/mol. The van der Waals surface area contributed by atoms with Crippen molar-refractivity contribution in [3.05, 3.63) is 63.4 Å². The van der Waals surface area contributed by atoms with Crippen LogP contribution in [0.5, 0.6) is 0 Å². The highest BCUT2D eigenvalue weighted by Gasteiger charge is 2.47. The minimum absolute atomic E-state index is 0.0397. The fraction of sp³-hybridized carbons (Fsp3) is 0.368. The number of rotatable bonds is 6. The number of nitrogens with zero attached hydrogens (tertiary/aromatic N) is 1. The number of aliphatic hydroxyl groups is 1. The standard InChI is InChI=1S/C19H19Cl2FN2O3/c20-13-4-3-12(15(21)10-13)11-24-18(26)19(22)6-5-16(27-9-8-25)17-14(19)2-1-7-23-17/h1-4,7,10,16,25H,5-6,8-9,11H2,(H,24,26). The summed E-state index contributed by atoms with van der Waals surface area (Å²) in [4.78, 5) is 16.9. The van der Waals surface area contributed by atoms with Gasteiger partial charge >= 0.3 is 0 Å². The fourth-order valence-corrected chi connectivity index (χ4v) is 3.66. The fourth-order valence-electron chi connectivity index (χ4n) is 3.18. The Hall–Kier alpha value is -1.73. The molecule has 0 aliphatic heterocycles. The number of ether oxygens (including phenoxy) is 1. The van der Waals surface area contributed by atoms with Gasteiger partial charge in [-0.2, -0.15) is 0 Å². The van der Waals surface area contributed by atoms with E-state index in [2.05, 4.69) is 10.3 Å². The van der Waals surface area contributed by atoms with E-state index in [1.165, 1.54) is 6.20 Å². The molecule has 2 unspecified atom stereocenters. The van der Waals surface area contributed by atoms with Crippen molar-refractivity contribution in [3.8, 4) is 0 Å². The lowest BCUT2D eigenvalue weighted by molar-refractivity contribution is -0.136. The number of pyridine rings is 1. The highest BCUT2D eigenvalue weighted by atomic mass is 35.5. The van der Waals surface area contributed by atoms with Crippen molar-refractivity contribution in [3.63, 3.8) is 0 Å². The number of amides is 1. The Kier molecular flexibility index (Phi) is 6.32. The summed E-state index contributed by atoms with van der Waals surface area (Å²) < 4.78 is 21.3. The second kappa shape index (κ2) is 8.52. The molecule has 2 atom stereocenters. The topological polar surface area (TPSA) is 71.5 Å². The highest BCUT2D eigenvalue weighted by molar-refractivity contribution is 6.35. The Balaban J connectivity index is 1.79. The number of aliphatic hydroxyl groups excluding tert-OH is 1. The number of benzene rings is 1. The van der Waals surface area contributed by atoms with Gasteiger partial charge in [-0.1, -0.05) is 35.3 Å². The molecule has 0 spiro atoms. The molecule has 1 aliphatic carbocycles. The quantitative estimate of drug-likeness (QED) is 0.758. The van der Waals surface area contributed by atoms with Crippen molar-refractivity contribution in [1.82, 2.24) is 10.3 Å². The molecule has 5 nitrogen and oxygen atoms in total. The lowest BCUT2D eigenvalue weighted by Crippen LogP contribution is -2.44. The van der Waals surface area contributed by atoms with E-state index in [4.69, 9.17) is 33.0 Å². The van der Waals surface area contributed by atoms with Gasteiger partial charge in [-0.05, 0) is 36.6 Å². The molecule has 1 heterocycles. The lowest BCUT2D eigenvalue weighted by atomic mass is 9.80. The summed E-state index contributed by atoms with van der Waals surface area (Å²) in [5.41, 5.74) is -0.982. The number of fused-ring (bicyclic) bond motifs is 1. The minimum Gasteiger partial charge on any atom is -0.394 e. The molecule has 1 aromatic carbocycles. The van der Waals surface area contributed by atoms with Gasteiger partial charge in [-0.15, -0.1) is 0 Å². The second-order valence-electron chi connectivity index (χ2n) is 6.28. The monoisotopic (exact) mass is 412 g/mol. The predicted octanol–water partition coefficient (Wildman–Crippen LogP) is 3.71. The van der Waals surface area contributed by atoms with Gasteiger partial charge in [-0.25, -0.2) is 4.39 Å².